The number of hydrogen-bond donors (Lipinski definition) is 7. The summed E-state index contributed by atoms with van der Waals surface area (Å²) in [5, 5.41) is 57.1. The van der Waals surface area contributed by atoms with Crippen molar-refractivity contribution < 1.29 is 88.2 Å². The number of ketones is 1. The molecule has 7 N–H and O–H groups in total. The molecule has 0 spiro atoms. The molecule has 0 aromatic carbocycles. The van der Waals surface area contributed by atoms with Gasteiger partial charge in [-0.05, 0) is 6.92 Å². The smallest absolute Gasteiger partial charge is 0.305 e. The van der Waals surface area contributed by atoms with Crippen molar-refractivity contribution in [2.75, 3.05) is 78.5 Å². The number of carboxylic acid groups (broad SMARTS) is 6. The average molecular weight is 791 g/mol. The van der Waals surface area contributed by atoms with Gasteiger partial charge in [-0.15, -0.1) is 0 Å². The van der Waals surface area contributed by atoms with Gasteiger partial charge in [0.15, 0.2) is 0 Å². The molecular formula is C31H46N6O18. The summed E-state index contributed by atoms with van der Waals surface area (Å²) in [7, 11) is 0. The Morgan fingerprint density at radius 3 is 0.836 bits per heavy atom. The summed E-state index contributed by atoms with van der Waals surface area (Å²) in [6, 6.07) is 0. The van der Waals surface area contributed by atoms with Crippen LogP contribution in [-0.4, -0.2) is 205 Å². The zero-order chi connectivity index (χ0) is 42.2. The predicted molar refractivity (Wildman–Crippen MR) is 180 cm³/mol. The minimum Gasteiger partial charge on any atom is -0.481 e. The summed E-state index contributed by atoms with van der Waals surface area (Å²) in [4.78, 5) is 149. The van der Waals surface area contributed by atoms with Crippen LogP contribution in [0.1, 0.15) is 45.4 Å². The maximum absolute atomic E-state index is 13.5. The highest BCUT2D eigenvalue weighted by Crippen LogP contribution is 2.07. The van der Waals surface area contributed by atoms with Gasteiger partial charge >= 0.3 is 35.8 Å². The summed E-state index contributed by atoms with van der Waals surface area (Å²) in [6.45, 7) is -6.78. The lowest BCUT2D eigenvalue weighted by atomic mass is 10.2. The zero-order valence-electron chi connectivity index (χ0n) is 30.0. The molecule has 0 aliphatic heterocycles. The van der Waals surface area contributed by atoms with E-state index in [0.717, 1.165) is 16.7 Å². The second-order valence-corrected chi connectivity index (χ2v) is 11.8. The van der Waals surface area contributed by atoms with E-state index in [1.807, 2.05) is 0 Å². The SMILES string of the molecule is CC(=O)CN(CCC(=O)O)C(=O)CN(CCC(=O)O)C(=O)CN(CCC(=O)O)C(=O)CN(CCC(=O)O)C(=O)CN(CCC(=O)O)C(=O)CNCCC(=O)O. The highest BCUT2D eigenvalue weighted by molar-refractivity contribution is 5.93. The van der Waals surface area contributed by atoms with Crippen LogP contribution >= 0.6 is 0 Å². The average Bonchev–Trinajstić information content (AvgIpc) is 3.07. The highest BCUT2D eigenvalue weighted by atomic mass is 16.4. The lowest BCUT2D eigenvalue weighted by Gasteiger charge is -2.31. The Kier molecular flexibility index (Phi) is 22.8. The topological polar surface area (TPSA) is 354 Å². The van der Waals surface area contributed by atoms with Crippen LogP contribution in [0, 0.1) is 0 Å². The molecule has 0 aliphatic rings. The molecule has 0 saturated carbocycles. The number of carbonyl (C=O) groups excluding carboxylic acids is 6. The Labute approximate surface area is 313 Å². The third-order valence-electron chi connectivity index (χ3n) is 7.25. The van der Waals surface area contributed by atoms with Crippen LogP contribution < -0.4 is 5.32 Å². The Balaban J connectivity index is 6.37. The van der Waals surface area contributed by atoms with Crippen molar-refractivity contribution in [2.24, 2.45) is 0 Å². The van der Waals surface area contributed by atoms with Gasteiger partial charge in [-0.2, -0.15) is 0 Å². The van der Waals surface area contributed by atoms with Gasteiger partial charge in [0.05, 0.1) is 77.8 Å². The first-order chi connectivity index (χ1) is 25.6. The van der Waals surface area contributed by atoms with Crippen molar-refractivity contribution in [2.45, 2.75) is 45.4 Å². The number of Topliss-reactive ketones (excluding diaryl/α,β-unsaturated/α-hetero) is 1. The van der Waals surface area contributed by atoms with Crippen molar-refractivity contribution in [1.82, 2.24) is 29.8 Å². The first-order valence-corrected chi connectivity index (χ1v) is 16.5. The molecular weight excluding hydrogens is 744 g/mol. The van der Waals surface area contributed by atoms with E-state index < -0.39 is 175 Å². The summed E-state index contributed by atoms with van der Waals surface area (Å²) in [6.07, 6.45) is -3.80. The Bertz CT molecular complexity index is 1450. The molecule has 55 heavy (non-hydrogen) atoms. The van der Waals surface area contributed by atoms with E-state index in [4.69, 9.17) is 15.3 Å². The fourth-order valence-electron chi connectivity index (χ4n) is 4.44. The van der Waals surface area contributed by atoms with Gasteiger partial charge in [-0.25, -0.2) is 0 Å². The largest absolute Gasteiger partial charge is 0.481 e. The standard InChI is InChI=1S/C31H46N6O18/c1-20(38)15-33(9-3-27(46)47)22(40)17-35(11-5-29(50)51)24(42)19-37(13-7-31(54)55)25(43)18-36(12-6-30(52)53)23(41)16-34(10-4-28(48)49)21(39)14-32-8-2-26(44)45/h32H,2-19H2,1H3,(H,44,45)(H,46,47)(H,48,49)(H,50,51)(H,52,53)(H,54,55). The van der Waals surface area contributed by atoms with Crippen molar-refractivity contribution >= 4 is 71.1 Å². The van der Waals surface area contributed by atoms with Gasteiger partial charge in [0, 0.05) is 39.3 Å². The molecule has 0 atom stereocenters. The second-order valence-electron chi connectivity index (χ2n) is 11.8. The van der Waals surface area contributed by atoms with Crippen molar-refractivity contribution in [1.29, 1.82) is 0 Å². The maximum atomic E-state index is 13.5. The first kappa shape index (κ1) is 48.8. The highest BCUT2D eigenvalue weighted by Gasteiger charge is 2.29. The minimum absolute atomic E-state index is 0.158. The number of aliphatic carboxylic acids is 6. The maximum Gasteiger partial charge on any atom is 0.305 e. The minimum atomic E-state index is -1.44. The van der Waals surface area contributed by atoms with E-state index in [2.05, 4.69) is 5.32 Å². The number of nitrogens with one attached hydrogen (secondary N) is 1. The molecule has 0 unspecified atom stereocenters. The Morgan fingerprint density at radius 2 is 0.600 bits per heavy atom. The molecule has 0 aliphatic carbocycles. The molecule has 24 nitrogen and oxygen atoms in total. The summed E-state index contributed by atoms with van der Waals surface area (Å²) in [5.74, 6) is -13.8. The van der Waals surface area contributed by atoms with Gasteiger partial charge in [0.2, 0.25) is 29.5 Å². The molecule has 0 fully saturated rings. The van der Waals surface area contributed by atoms with Crippen LogP contribution in [0.3, 0.4) is 0 Å². The van der Waals surface area contributed by atoms with Crippen LogP contribution in [-0.2, 0) is 57.5 Å². The third kappa shape index (κ3) is 23.2. The molecule has 5 amide bonds. The molecule has 0 aromatic heterocycles. The normalized spacial score (nSPS) is 10.4. The van der Waals surface area contributed by atoms with Gasteiger partial charge in [-0.3, -0.25) is 57.5 Å². The molecule has 0 bridgehead atoms. The van der Waals surface area contributed by atoms with Gasteiger partial charge in [-0.1, -0.05) is 0 Å². The number of amides is 5. The lowest BCUT2D eigenvalue weighted by Crippen LogP contribution is -2.52. The van der Waals surface area contributed by atoms with E-state index in [-0.39, 0.29) is 13.0 Å². The molecule has 24 heteroatoms. The number of hydrogen-bond acceptors (Lipinski definition) is 13. The van der Waals surface area contributed by atoms with Crippen LogP contribution in [0.4, 0.5) is 0 Å². The van der Waals surface area contributed by atoms with Gasteiger partial charge in [0.25, 0.3) is 0 Å². The molecule has 0 aromatic rings. The number of rotatable bonds is 30. The first-order valence-electron chi connectivity index (χ1n) is 16.5. The van der Waals surface area contributed by atoms with E-state index in [9.17, 15) is 72.9 Å². The van der Waals surface area contributed by atoms with E-state index in [0.29, 0.717) is 14.7 Å². The number of carbonyl (C=O) groups is 12. The number of nitrogens with zero attached hydrogens (tertiary/aromatic N) is 5. The number of carboxylic acids is 6. The van der Waals surface area contributed by atoms with E-state index in [1.165, 1.54) is 0 Å². The predicted octanol–water partition coefficient (Wildman–Crippen LogP) is -3.84. The monoisotopic (exact) mass is 790 g/mol. The van der Waals surface area contributed by atoms with Crippen LogP contribution in [0.15, 0.2) is 0 Å². The van der Waals surface area contributed by atoms with Crippen molar-refractivity contribution in [3.05, 3.63) is 0 Å². The zero-order valence-corrected chi connectivity index (χ0v) is 30.0. The lowest BCUT2D eigenvalue weighted by molar-refractivity contribution is -0.149. The van der Waals surface area contributed by atoms with Crippen molar-refractivity contribution in [3.8, 4) is 0 Å². The van der Waals surface area contributed by atoms with Crippen LogP contribution in [0.25, 0.3) is 0 Å². The molecule has 0 radical (unpaired) electrons. The van der Waals surface area contributed by atoms with Gasteiger partial charge in [0.1, 0.15) is 5.78 Å². The summed E-state index contributed by atoms with van der Waals surface area (Å²) in [5.41, 5.74) is 0. The Morgan fingerprint density at radius 1 is 0.364 bits per heavy atom. The third-order valence-corrected chi connectivity index (χ3v) is 7.25. The fraction of sp³-hybridized carbons (Fsp3) is 0.613. The molecule has 0 rings (SSSR count). The molecule has 0 heterocycles. The quantitative estimate of drug-likeness (QED) is 0.0343. The molecule has 0 saturated heterocycles. The van der Waals surface area contributed by atoms with E-state index in [1.54, 1.807) is 0 Å². The fourth-order valence-corrected chi connectivity index (χ4v) is 4.44. The second kappa shape index (κ2) is 25.7. The van der Waals surface area contributed by atoms with Crippen molar-refractivity contribution in [3.63, 3.8) is 0 Å². The summed E-state index contributed by atoms with van der Waals surface area (Å²) >= 11 is 0. The Hall–Kier alpha value is -6.20. The van der Waals surface area contributed by atoms with E-state index >= 15 is 0 Å². The van der Waals surface area contributed by atoms with Crippen LogP contribution in [0.5, 0.6) is 0 Å². The van der Waals surface area contributed by atoms with Crippen LogP contribution in [0.2, 0.25) is 0 Å². The summed E-state index contributed by atoms with van der Waals surface area (Å²) < 4.78 is 0. The van der Waals surface area contributed by atoms with Gasteiger partial charge < -0.3 is 60.5 Å². The molecule has 308 valence electrons.